The number of fused-ring (bicyclic) bond motifs is 5. The van der Waals surface area contributed by atoms with Crippen LogP contribution >= 0.6 is 0 Å². The van der Waals surface area contributed by atoms with Gasteiger partial charge in [0.1, 0.15) is 0 Å². The molecule has 1 aromatic carbocycles. The standard InChI is InChI=1S/C35H50O3S/c1-23(2)25(4)10-11-26(5)31-16-17-32-30-15-12-27-22-28(38-39(36,37)29-13-8-24(3)9-14-29)18-20-34(27,6)33(30)19-21-35(31,32)7/h8-15,23,25-26,28,31-33H,16-22H2,1-7H3/b11-10+/t25-,26+,28-,31+,32-,33-,34-,35+/m0/s1. The summed E-state index contributed by atoms with van der Waals surface area (Å²) in [6, 6.07) is 6.97. The lowest BCUT2D eigenvalue weighted by molar-refractivity contribution is 0.0439. The predicted molar refractivity (Wildman–Crippen MR) is 161 cm³/mol. The minimum Gasteiger partial charge on any atom is -0.263 e. The number of aryl methyl sites for hydroxylation is 1. The Morgan fingerprint density at radius 1 is 0.897 bits per heavy atom. The molecule has 4 heteroatoms. The Morgan fingerprint density at radius 2 is 1.62 bits per heavy atom. The molecule has 0 heterocycles. The summed E-state index contributed by atoms with van der Waals surface area (Å²) in [5, 5.41) is 0. The molecule has 4 aliphatic carbocycles. The highest BCUT2D eigenvalue weighted by Crippen LogP contribution is 2.66. The van der Waals surface area contributed by atoms with Crippen molar-refractivity contribution in [2.24, 2.45) is 46.3 Å². The second-order valence-electron chi connectivity index (χ2n) is 14.2. The molecule has 0 aliphatic heterocycles. The molecule has 0 bridgehead atoms. The van der Waals surface area contributed by atoms with Crippen LogP contribution in [-0.4, -0.2) is 14.5 Å². The molecule has 39 heavy (non-hydrogen) atoms. The first kappa shape index (κ1) is 28.9. The first-order valence-electron chi connectivity index (χ1n) is 15.4. The predicted octanol–water partition coefficient (Wildman–Crippen LogP) is 9.05. The van der Waals surface area contributed by atoms with E-state index in [1.807, 2.05) is 19.1 Å². The van der Waals surface area contributed by atoms with E-state index in [0.717, 1.165) is 24.3 Å². The number of rotatable bonds is 7. The van der Waals surface area contributed by atoms with Gasteiger partial charge < -0.3 is 0 Å². The van der Waals surface area contributed by atoms with E-state index in [0.29, 0.717) is 41.4 Å². The Kier molecular flexibility index (Phi) is 7.87. The summed E-state index contributed by atoms with van der Waals surface area (Å²) in [6.45, 7) is 16.4. The molecule has 0 N–H and O–H groups in total. The van der Waals surface area contributed by atoms with Crippen LogP contribution < -0.4 is 0 Å². The zero-order valence-electron chi connectivity index (χ0n) is 25.2. The fourth-order valence-corrected chi connectivity index (χ4v) is 9.71. The van der Waals surface area contributed by atoms with Crippen LogP contribution in [-0.2, 0) is 14.3 Å². The van der Waals surface area contributed by atoms with Crippen LogP contribution in [0.1, 0.15) is 92.1 Å². The van der Waals surface area contributed by atoms with Crippen molar-refractivity contribution in [3.8, 4) is 0 Å². The first-order valence-corrected chi connectivity index (χ1v) is 16.9. The molecule has 4 aliphatic rings. The van der Waals surface area contributed by atoms with Crippen LogP contribution in [0.5, 0.6) is 0 Å². The molecule has 0 radical (unpaired) electrons. The van der Waals surface area contributed by atoms with Crippen molar-refractivity contribution in [2.45, 2.75) is 104 Å². The second kappa shape index (κ2) is 10.6. The van der Waals surface area contributed by atoms with Crippen molar-refractivity contribution in [1.82, 2.24) is 0 Å². The minimum absolute atomic E-state index is 0.120. The maximum absolute atomic E-state index is 13.0. The van der Waals surface area contributed by atoms with E-state index >= 15 is 0 Å². The third kappa shape index (κ3) is 5.25. The van der Waals surface area contributed by atoms with Gasteiger partial charge in [0.15, 0.2) is 0 Å². The highest BCUT2D eigenvalue weighted by atomic mass is 32.2. The van der Waals surface area contributed by atoms with Gasteiger partial charge in [-0.15, -0.1) is 0 Å². The molecule has 3 fully saturated rings. The zero-order valence-corrected chi connectivity index (χ0v) is 26.1. The average molecular weight is 551 g/mol. The van der Waals surface area contributed by atoms with Gasteiger partial charge in [0, 0.05) is 0 Å². The van der Waals surface area contributed by atoms with Crippen LogP contribution in [0.2, 0.25) is 0 Å². The molecule has 214 valence electrons. The Hall–Kier alpha value is -1.65. The molecular weight excluding hydrogens is 500 g/mol. The molecule has 0 amide bonds. The smallest absolute Gasteiger partial charge is 0.263 e. The average Bonchev–Trinajstić information content (AvgIpc) is 3.24. The Morgan fingerprint density at radius 3 is 2.31 bits per heavy atom. The molecule has 0 aromatic heterocycles. The topological polar surface area (TPSA) is 43.4 Å². The van der Waals surface area contributed by atoms with Crippen LogP contribution in [0.15, 0.2) is 64.6 Å². The molecule has 5 rings (SSSR count). The molecule has 0 saturated heterocycles. The van der Waals surface area contributed by atoms with Crippen LogP contribution in [0, 0.1) is 53.3 Å². The van der Waals surface area contributed by atoms with Gasteiger partial charge in [-0.3, -0.25) is 4.18 Å². The molecular formula is C35H50O3S. The molecule has 1 aromatic rings. The quantitative estimate of drug-likeness (QED) is 0.251. The Labute approximate surface area is 238 Å². The third-order valence-corrected chi connectivity index (χ3v) is 13.0. The van der Waals surface area contributed by atoms with Gasteiger partial charge in [-0.2, -0.15) is 8.42 Å². The minimum atomic E-state index is -3.76. The van der Waals surface area contributed by atoms with Crippen molar-refractivity contribution >= 4 is 10.1 Å². The van der Waals surface area contributed by atoms with E-state index in [2.05, 4.69) is 65.8 Å². The van der Waals surface area contributed by atoms with Crippen LogP contribution in [0.4, 0.5) is 0 Å². The maximum atomic E-state index is 13.0. The SMILES string of the molecule is Cc1ccc(S(=O)(=O)O[C@H]2CC[C@@]3(C)C(=CC=C4[C@@H]5CC[C@H]([C@H](C)/C=C/[C@H](C)C(C)C)[C@@]5(C)CC[C@@H]43)C2)cc1. The largest absolute Gasteiger partial charge is 0.297 e. The van der Waals surface area contributed by atoms with E-state index in [9.17, 15) is 8.42 Å². The van der Waals surface area contributed by atoms with Gasteiger partial charge in [-0.05, 0) is 110 Å². The number of benzene rings is 1. The summed E-state index contributed by atoms with van der Waals surface area (Å²) in [4.78, 5) is 0.256. The lowest BCUT2D eigenvalue weighted by atomic mass is 9.50. The van der Waals surface area contributed by atoms with E-state index in [1.165, 1.54) is 31.3 Å². The third-order valence-electron chi connectivity index (χ3n) is 11.6. The summed E-state index contributed by atoms with van der Waals surface area (Å²) in [7, 11) is -3.76. The Balaban J connectivity index is 1.32. The van der Waals surface area contributed by atoms with Gasteiger partial charge in [0.25, 0.3) is 10.1 Å². The summed E-state index contributed by atoms with van der Waals surface area (Å²) >= 11 is 0. The fraction of sp³-hybridized carbons (Fsp3) is 0.657. The van der Waals surface area contributed by atoms with Crippen molar-refractivity contribution < 1.29 is 12.6 Å². The van der Waals surface area contributed by atoms with E-state index < -0.39 is 10.1 Å². The van der Waals surface area contributed by atoms with Crippen LogP contribution in [0.25, 0.3) is 0 Å². The lowest BCUT2D eigenvalue weighted by Gasteiger charge is -2.55. The van der Waals surface area contributed by atoms with Crippen LogP contribution in [0.3, 0.4) is 0 Å². The van der Waals surface area contributed by atoms with Gasteiger partial charge in [0.2, 0.25) is 0 Å². The number of allylic oxidation sites excluding steroid dienone is 5. The van der Waals surface area contributed by atoms with Crippen molar-refractivity contribution in [3.63, 3.8) is 0 Å². The van der Waals surface area contributed by atoms with Crippen molar-refractivity contribution in [2.75, 3.05) is 0 Å². The van der Waals surface area contributed by atoms with Gasteiger partial charge in [-0.25, -0.2) is 0 Å². The highest BCUT2D eigenvalue weighted by molar-refractivity contribution is 7.86. The van der Waals surface area contributed by atoms with Gasteiger partial charge in [0.05, 0.1) is 11.0 Å². The van der Waals surface area contributed by atoms with Crippen molar-refractivity contribution in [1.29, 1.82) is 0 Å². The molecule has 3 saturated carbocycles. The molecule has 0 spiro atoms. The fourth-order valence-electron chi connectivity index (χ4n) is 8.60. The summed E-state index contributed by atoms with van der Waals surface area (Å²) < 4.78 is 31.8. The lowest BCUT2D eigenvalue weighted by Crippen LogP contribution is -2.46. The summed E-state index contributed by atoms with van der Waals surface area (Å²) in [6.07, 6.45) is 17.2. The van der Waals surface area contributed by atoms with E-state index in [4.69, 9.17) is 4.18 Å². The number of hydrogen-bond acceptors (Lipinski definition) is 3. The maximum Gasteiger partial charge on any atom is 0.297 e. The van der Waals surface area contributed by atoms with Gasteiger partial charge in [-0.1, -0.05) is 94.7 Å². The highest BCUT2D eigenvalue weighted by Gasteiger charge is 2.57. The van der Waals surface area contributed by atoms with Gasteiger partial charge >= 0.3 is 0 Å². The summed E-state index contributed by atoms with van der Waals surface area (Å²) in [5.74, 6) is 3.93. The van der Waals surface area contributed by atoms with Crippen molar-refractivity contribution in [3.05, 3.63) is 65.3 Å². The van der Waals surface area contributed by atoms with E-state index in [1.54, 1.807) is 17.7 Å². The monoisotopic (exact) mass is 550 g/mol. The molecule has 3 nitrogen and oxygen atoms in total. The zero-order chi connectivity index (χ0) is 28.2. The van der Waals surface area contributed by atoms with E-state index in [-0.39, 0.29) is 16.4 Å². The second-order valence-corrected chi connectivity index (χ2v) is 15.8. The Bertz CT molecular complexity index is 1250. The first-order chi connectivity index (χ1) is 18.3. The molecule has 8 atom stereocenters. The normalized spacial score (nSPS) is 36.1. The molecule has 0 unspecified atom stereocenters. The number of hydrogen-bond donors (Lipinski definition) is 0. The summed E-state index contributed by atoms with van der Waals surface area (Å²) in [5.41, 5.74) is 4.62.